The maximum Gasteiger partial charge on any atom is 0.0690 e. The summed E-state index contributed by atoms with van der Waals surface area (Å²) in [4.78, 5) is 3.63. The van der Waals surface area contributed by atoms with Gasteiger partial charge in [-0.1, -0.05) is 50.2 Å². The fraction of sp³-hybridized carbons (Fsp3) is 0.158. The van der Waals surface area contributed by atoms with Crippen LogP contribution in [-0.2, 0) is 5.41 Å². The van der Waals surface area contributed by atoms with E-state index in [4.69, 9.17) is 0 Å². The zero-order valence-electron chi connectivity index (χ0n) is 12.1. The molecule has 2 nitrogen and oxygen atoms in total. The van der Waals surface area contributed by atoms with Gasteiger partial charge in [0.25, 0.3) is 0 Å². The van der Waals surface area contributed by atoms with Crippen molar-refractivity contribution in [1.29, 1.82) is 0 Å². The Morgan fingerprint density at radius 1 is 0.952 bits per heavy atom. The van der Waals surface area contributed by atoms with Gasteiger partial charge in [0.2, 0.25) is 0 Å². The number of rotatable bonds is 0. The van der Waals surface area contributed by atoms with Gasteiger partial charge in [-0.05, 0) is 17.7 Å². The second kappa shape index (κ2) is 3.40. The van der Waals surface area contributed by atoms with Crippen LogP contribution >= 0.6 is 0 Å². The van der Waals surface area contributed by atoms with Crippen LogP contribution in [0.4, 0.5) is 0 Å². The molecule has 0 aliphatic carbocycles. The lowest BCUT2D eigenvalue weighted by atomic mass is 9.83. The number of aromatic nitrogens is 2. The van der Waals surface area contributed by atoms with E-state index in [1.807, 2.05) is 0 Å². The molecule has 0 atom stereocenters. The average molecular weight is 274 g/mol. The number of fused-ring (bicyclic) bond motifs is 7. The standard InChI is InChI=1S/C19H16N2.H2/c1-19(2)14-8-4-6-10-16(14)21-11-13-12-7-3-5-9-15(12)20-17(13)18(19)21;/h3-11,20H,1-2H3;1H. The first-order valence-electron chi connectivity index (χ1n) is 7.40. The molecule has 0 saturated heterocycles. The summed E-state index contributed by atoms with van der Waals surface area (Å²) >= 11 is 0. The van der Waals surface area contributed by atoms with Gasteiger partial charge in [-0.2, -0.15) is 0 Å². The molecule has 104 valence electrons. The van der Waals surface area contributed by atoms with Crippen molar-refractivity contribution in [3.8, 4) is 5.69 Å². The van der Waals surface area contributed by atoms with Gasteiger partial charge in [-0.3, -0.25) is 0 Å². The molecule has 2 aromatic heterocycles. The SMILES string of the molecule is CC1(C)c2ccccc2-n2cc3c([nH]c4ccccc43)c21.[HH]. The molecule has 2 heteroatoms. The molecule has 5 rings (SSSR count). The molecule has 0 radical (unpaired) electrons. The van der Waals surface area contributed by atoms with E-state index in [9.17, 15) is 0 Å². The molecule has 1 N–H and O–H groups in total. The van der Waals surface area contributed by atoms with Gasteiger partial charge in [-0.25, -0.2) is 0 Å². The van der Waals surface area contributed by atoms with Crippen molar-refractivity contribution in [3.05, 3.63) is 66.0 Å². The first kappa shape index (κ1) is 11.2. The number of nitrogens with zero attached hydrogens (tertiary/aromatic N) is 1. The Hall–Kier alpha value is -2.48. The molecular weight excluding hydrogens is 256 g/mol. The molecule has 0 fully saturated rings. The Balaban J connectivity index is 0.00000125. The summed E-state index contributed by atoms with van der Waals surface area (Å²) in [5, 5.41) is 2.63. The molecule has 1 aliphatic rings. The Labute approximate surface area is 124 Å². The molecule has 0 bridgehead atoms. The number of benzene rings is 2. The minimum absolute atomic E-state index is 0. The molecule has 0 saturated carbocycles. The van der Waals surface area contributed by atoms with Crippen LogP contribution in [0, 0.1) is 0 Å². The average Bonchev–Trinajstić information content (AvgIpc) is 3.08. The molecule has 0 unspecified atom stereocenters. The third-order valence-corrected chi connectivity index (χ3v) is 4.91. The maximum absolute atomic E-state index is 3.63. The van der Waals surface area contributed by atoms with Gasteiger partial charge in [0, 0.05) is 35.0 Å². The fourth-order valence-corrected chi connectivity index (χ4v) is 3.94. The zero-order valence-corrected chi connectivity index (χ0v) is 12.1. The van der Waals surface area contributed by atoms with Crippen molar-refractivity contribution >= 4 is 21.8 Å². The highest BCUT2D eigenvalue weighted by Gasteiger charge is 2.38. The number of H-pyrrole nitrogens is 1. The summed E-state index contributed by atoms with van der Waals surface area (Å²) in [6, 6.07) is 17.3. The summed E-state index contributed by atoms with van der Waals surface area (Å²) in [6.45, 7) is 4.63. The Bertz CT molecular complexity index is 1020. The normalized spacial score (nSPS) is 15.5. The molecule has 4 aromatic rings. The van der Waals surface area contributed by atoms with E-state index in [0.717, 1.165) is 0 Å². The van der Waals surface area contributed by atoms with Crippen LogP contribution in [0.15, 0.2) is 54.7 Å². The highest BCUT2D eigenvalue weighted by molar-refractivity contribution is 6.09. The second-order valence-corrected chi connectivity index (χ2v) is 6.45. The highest BCUT2D eigenvalue weighted by atomic mass is 15.0. The van der Waals surface area contributed by atoms with Crippen LogP contribution in [0.2, 0.25) is 0 Å². The first-order chi connectivity index (χ1) is 10.2. The van der Waals surface area contributed by atoms with E-state index < -0.39 is 0 Å². The quantitative estimate of drug-likeness (QED) is 0.466. The highest BCUT2D eigenvalue weighted by Crippen LogP contribution is 2.47. The smallest absolute Gasteiger partial charge is 0.0690 e. The van der Waals surface area contributed by atoms with Crippen molar-refractivity contribution in [2.45, 2.75) is 19.3 Å². The summed E-state index contributed by atoms with van der Waals surface area (Å²) in [6.07, 6.45) is 2.29. The third-order valence-electron chi connectivity index (χ3n) is 4.91. The van der Waals surface area contributed by atoms with Gasteiger partial charge in [-0.15, -0.1) is 0 Å². The van der Waals surface area contributed by atoms with Crippen LogP contribution in [0.25, 0.3) is 27.5 Å². The van der Waals surface area contributed by atoms with E-state index >= 15 is 0 Å². The van der Waals surface area contributed by atoms with E-state index in [1.165, 1.54) is 38.8 Å². The lowest BCUT2D eigenvalue weighted by molar-refractivity contribution is 0.647. The Morgan fingerprint density at radius 2 is 1.71 bits per heavy atom. The number of hydrogen-bond donors (Lipinski definition) is 1. The molecule has 1 aliphatic heterocycles. The second-order valence-electron chi connectivity index (χ2n) is 6.45. The van der Waals surface area contributed by atoms with Gasteiger partial charge in [0.1, 0.15) is 0 Å². The van der Waals surface area contributed by atoms with Crippen LogP contribution in [0.3, 0.4) is 0 Å². The van der Waals surface area contributed by atoms with Crippen molar-refractivity contribution in [3.63, 3.8) is 0 Å². The number of hydrogen-bond acceptors (Lipinski definition) is 0. The zero-order chi connectivity index (χ0) is 14.2. The summed E-state index contributed by atoms with van der Waals surface area (Å²) in [5.41, 5.74) is 6.61. The predicted octanol–water partition coefficient (Wildman–Crippen LogP) is 5.00. The van der Waals surface area contributed by atoms with E-state index in [2.05, 4.69) is 78.1 Å². The lowest BCUT2D eigenvalue weighted by Gasteiger charge is -2.19. The Kier molecular flexibility index (Phi) is 1.81. The molecule has 0 amide bonds. The molecule has 0 spiro atoms. The molecule has 21 heavy (non-hydrogen) atoms. The predicted molar refractivity (Wildman–Crippen MR) is 89.4 cm³/mol. The van der Waals surface area contributed by atoms with Gasteiger partial charge in [0.05, 0.1) is 11.2 Å². The third kappa shape index (κ3) is 1.19. The molecule has 2 aromatic carbocycles. The van der Waals surface area contributed by atoms with E-state index in [-0.39, 0.29) is 6.84 Å². The lowest BCUT2D eigenvalue weighted by Crippen LogP contribution is -2.15. The summed E-state index contributed by atoms with van der Waals surface area (Å²) < 4.78 is 2.36. The summed E-state index contributed by atoms with van der Waals surface area (Å²) in [7, 11) is 0. The molecular formula is C19H18N2. The minimum Gasteiger partial charge on any atom is -0.353 e. The Morgan fingerprint density at radius 3 is 2.62 bits per heavy atom. The number of nitrogens with one attached hydrogen (secondary N) is 1. The van der Waals surface area contributed by atoms with Crippen molar-refractivity contribution < 1.29 is 1.43 Å². The largest absolute Gasteiger partial charge is 0.353 e. The van der Waals surface area contributed by atoms with Crippen molar-refractivity contribution in [2.75, 3.05) is 0 Å². The van der Waals surface area contributed by atoms with Crippen molar-refractivity contribution in [1.82, 2.24) is 9.55 Å². The van der Waals surface area contributed by atoms with Crippen LogP contribution in [0.1, 0.15) is 26.5 Å². The van der Waals surface area contributed by atoms with Gasteiger partial charge >= 0.3 is 0 Å². The fourth-order valence-electron chi connectivity index (χ4n) is 3.94. The summed E-state index contributed by atoms with van der Waals surface area (Å²) in [5.74, 6) is 0. The van der Waals surface area contributed by atoms with E-state index in [1.54, 1.807) is 0 Å². The topological polar surface area (TPSA) is 20.7 Å². The number of para-hydroxylation sites is 2. The number of aromatic amines is 1. The monoisotopic (exact) mass is 274 g/mol. The van der Waals surface area contributed by atoms with Gasteiger partial charge < -0.3 is 9.55 Å². The first-order valence-corrected chi connectivity index (χ1v) is 7.40. The minimum atomic E-state index is 0. The molecule has 3 heterocycles. The van der Waals surface area contributed by atoms with Crippen LogP contribution in [0.5, 0.6) is 0 Å². The van der Waals surface area contributed by atoms with E-state index in [0.29, 0.717) is 0 Å². The maximum atomic E-state index is 3.63. The van der Waals surface area contributed by atoms with Crippen LogP contribution < -0.4 is 0 Å². The van der Waals surface area contributed by atoms with Gasteiger partial charge in [0.15, 0.2) is 0 Å². The van der Waals surface area contributed by atoms with Crippen LogP contribution in [-0.4, -0.2) is 9.55 Å². The van der Waals surface area contributed by atoms with Crippen molar-refractivity contribution in [2.24, 2.45) is 0 Å².